The summed E-state index contributed by atoms with van der Waals surface area (Å²) < 4.78 is 20.6. The number of carbonyl (C=O) groups is 3. The number of rotatable bonds is 5. The lowest BCUT2D eigenvalue weighted by Crippen LogP contribution is -2.54. The maximum atomic E-state index is 15.3. The molecule has 3 aliphatic heterocycles. The third-order valence-corrected chi connectivity index (χ3v) is 6.24. The van der Waals surface area contributed by atoms with Crippen molar-refractivity contribution in [1.82, 2.24) is 15.5 Å². The van der Waals surface area contributed by atoms with Crippen molar-refractivity contribution in [1.29, 1.82) is 0 Å². The van der Waals surface area contributed by atoms with E-state index in [1.807, 2.05) is 0 Å². The van der Waals surface area contributed by atoms with Crippen LogP contribution in [0.25, 0.3) is 0 Å². The molecule has 29 heavy (non-hydrogen) atoms. The number of hydrogen-bond acceptors (Lipinski definition) is 5. The van der Waals surface area contributed by atoms with E-state index < -0.39 is 23.6 Å². The number of nitrogens with one attached hydrogen (secondary N) is 2. The van der Waals surface area contributed by atoms with Gasteiger partial charge in [0.2, 0.25) is 12.3 Å². The monoisotopic (exact) mass is 404 g/mol. The predicted molar refractivity (Wildman–Crippen MR) is 103 cm³/mol. The first-order valence-electron chi connectivity index (χ1n) is 9.91. The van der Waals surface area contributed by atoms with Gasteiger partial charge in [0.25, 0.3) is 0 Å². The van der Waals surface area contributed by atoms with Crippen LogP contribution in [0.4, 0.5) is 14.9 Å². The molecule has 0 radical (unpaired) electrons. The molecule has 3 saturated heterocycles. The SMILES string of the molecule is CC(=O)NC[C@H]1CN(c2ccc([C@@]34CNC[C@H]3CCCN4C=O)c(F)c2)C(=O)O1. The highest BCUT2D eigenvalue weighted by Gasteiger charge is 2.51. The van der Waals surface area contributed by atoms with Crippen LogP contribution >= 0.6 is 0 Å². The highest BCUT2D eigenvalue weighted by atomic mass is 19.1. The second kappa shape index (κ2) is 7.62. The Morgan fingerprint density at radius 3 is 3.03 bits per heavy atom. The number of halogens is 1. The fraction of sp³-hybridized carbons (Fsp3) is 0.550. The quantitative estimate of drug-likeness (QED) is 0.714. The Labute approximate surface area is 168 Å². The van der Waals surface area contributed by atoms with E-state index in [2.05, 4.69) is 10.6 Å². The van der Waals surface area contributed by atoms with Gasteiger partial charge in [0.1, 0.15) is 11.9 Å². The standard InChI is InChI=1S/C20H25FN4O4/c1-13(27)23-9-16-10-25(19(28)29-16)15-4-5-17(18(21)7-15)20-11-22-8-14(20)3-2-6-24(20)12-26/h4-5,7,12,14,16,22H,2-3,6,8-11H2,1H3,(H,23,27)/t14-,16+,20-/m1/s1. The van der Waals surface area contributed by atoms with Gasteiger partial charge in [-0.25, -0.2) is 9.18 Å². The third-order valence-electron chi connectivity index (χ3n) is 6.24. The number of piperidine rings is 1. The number of ether oxygens (including phenoxy) is 1. The summed E-state index contributed by atoms with van der Waals surface area (Å²) in [6, 6.07) is 4.71. The summed E-state index contributed by atoms with van der Waals surface area (Å²) in [7, 11) is 0. The summed E-state index contributed by atoms with van der Waals surface area (Å²) in [5, 5.41) is 5.93. The minimum Gasteiger partial charge on any atom is -0.442 e. The zero-order chi connectivity index (χ0) is 20.6. The summed E-state index contributed by atoms with van der Waals surface area (Å²) >= 11 is 0. The molecule has 3 atom stereocenters. The largest absolute Gasteiger partial charge is 0.442 e. The maximum absolute atomic E-state index is 15.3. The maximum Gasteiger partial charge on any atom is 0.414 e. The van der Waals surface area contributed by atoms with Gasteiger partial charge in [0.15, 0.2) is 0 Å². The van der Waals surface area contributed by atoms with Crippen LogP contribution in [-0.4, -0.2) is 62.1 Å². The Morgan fingerprint density at radius 2 is 2.31 bits per heavy atom. The molecule has 0 bridgehead atoms. The van der Waals surface area contributed by atoms with Crippen LogP contribution in [0.2, 0.25) is 0 Å². The number of cyclic esters (lactones) is 1. The Kier molecular flexibility index (Phi) is 5.16. The van der Waals surface area contributed by atoms with Crippen molar-refractivity contribution in [3.63, 3.8) is 0 Å². The molecule has 0 spiro atoms. The summed E-state index contributed by atoms with van der Waals surface area (Å²) in [6.07, 6.45) is 1.60. The van der Waals surface area contributed by atoms with Crippen molar-refractivity contribution in [2.24, 2.45) is 5.92 Å². The molecule has 3 aliphatic rings. The Bertz CT molecular complexity index is 835. The second-order valence-corrected chi connectivity index (χ2v) is 7.91. The summed E-state index contributed by atoms with van der Waals surface area (Å²) in [5.74, 6) is -0.496. The molecule has 1 aromatic carbocycles. The summed E-state index contributed by atoms with van der Waals surface area (Å²) in [6.45, 7) is 3.69. The van der Waals surface area contributed by atoms with Crippen LogP contribution in [0.3, 0.4) is 0 Å². The van der Waals surface area contributed by atoms with Crippen LogP contribution in [0.15, 0.2) is 18.2 Å². The molecule has 3 fully saturated rings. The molecule has 2 N–H and O–H groups in total. The molecule has 4 rings (SSSR count). The van der Waals surface area contributed by atoms with E-state index in [0.29, 0.717) is 24.3 Å². The summed E-state index contributed by atoms with van der Waals surface area (Å²) in [5.41, 5.74) is 0.182. The molecule has 9 heteroatoms. The number of amides is 3. The molecule has 8 nitrogen and oxygen atoms in total. The minimum atomic E-state index is -0.692. The van der Waals surface area contributed by atoms with E-state index in [-0.39, 0.29) is 24.9 Å². The fourth-order valence-corrected chi connectivity index (χ4v) is 4.87. The van der Waals surface area contributed by atoms with Crippen LogP contribution in [0, 0.1) is 11.7 Å². The first-order valence-corrected chi connectivity index (χ1v) is 9.91. The number of nitrogens with zero attached hydrogens (tertiary/aromatic N) is 2. The lowest BCUT2D eigenvalue weighted by Gasteiger charge is -2.47. The molecule has 156 valence electrons. The number of carbonyl (C=O) groups excluding carboxylic acids is 3. The van der Waals surface area contributed by atoms with Crippen molar-refractivity contribution < 1.29 is 23.5 Å². The Balaban J connectivity index is 1.59. The summed E-state index contributed by atoms with van der Waals surface area (Å²) in [4.78, 5) is 38.1. The van der Waals surface area contributed by atoms with E-state index in [1.54, 1.807) is 17.0 Å². The third kappa shape index (κ3) is 3.33. The van der Waals surface area contributed by atoms with E-state index in [0.717, 1.165) is 25.8 Å². The van der Waals surface area contributed by atoms with Crippen LogP contribution in [0.1, 0.15) is 25.3 Å². The zero-order valence-corrected chi connectivity index (χ0v) is 16.3. The van der Waals surface area contributed by atoms with E-state index >= 15 is 4.39 Å². The molecule has 1 aromatic rings. The van der Waals surface area contributed by atoms with Gasteiger partial charge in [0.05, 0.1) is 24.3 Å². The first-order chi connectivity index (χ1) is 14.0. The van der Waals surface area contributed by atoms with Crippen molar-refractivity contribution in [3.05, 3.63) is 29.6 Å². The normalized spacial score (nSPS) is 28.8. The predicted octanol–water partition coefficient (Wildman–Crippen LogP) is 0.954. The van der Waals surface area contributed by atoms with Crippen molar-refractivity contribution in [2.75, 3.05) is 37.6 Å². The number of hydrogen-bond donors (Lipinski definition) is 2. The Morgan fingerprint density at radius 1 is 1.48 bits per heavy atom. The van der Waals surface area contributed by atoms with Crippen LogP contribution < -0.4 is 15.5 Å². The van der Waals surface area contributed by atoms with Gasteiger partial charge in [-0.05, 0) is 25.0 Å². The van der Waals surface area contributed by atoms with Crippen LogP contribution in [0.5, 0.6) is 0 Å². The zero-order valence-electron chi connectivity index (χ0n) is 16.3. The molecule has 3 heterocycles. The van der Waals surface area contributed by atoms with Gasteiger partial charge in [-0.15, -0.1) is 0 Å². The van der Waals surface area contributed by atoms with Gasteiger partial charge in [-0.1, -0.05) is 6.07 Å². The fourth-order valence-electron chi connectivity index (χ4n) is 4.87. The second-order valence-electron chi connectivity index (χ2n) is 7.91. The number of anilines is 1. The van der Waals surface area contributed by atoms with E-state index in [4.69, 9.17) is 4.74 Å². The molecule has 0 unspecified atom stereocenters. The lowest BCUT2D eigenvalue weighted by molar-refractivity contribution is -0.128. The number of fused-ring (bicyclic) bond motifs is 1. The topological polar surface area (TPSA) is 91.0 Å². The average molecular weight is 404 g/mol. The van der Waals surface area contributed by atoms with E-state index in [9.17, 15) is 14.4 Å². The first kappa shape index (κ1) is 19.6. The van der Waals surface area contributed by atoms with Gasteiger partial charge in [-0.2, -0.15) is 0 Å². The number of likely N-dealkylation sites (tertiary alicyclic amines) is 1. The van der Waals surface area contributed by atoms with Crippen molar-refractivity contribution in [2.45, 2.75) is 31.4 Å². The van der Waals surface area contributed by atoms with Gasteiger partial charge >= 0.3 is 6.09 Å². The van der Waals surface area contributed by atoms with Gasteiger partial charge < -0.3 is 20.3 Å². The Hall–Kier alpha value is -2.68. The average Bonchev–Trinajstić information content (AvgIpc) is 3.29. The van der Waals surface area contributed by atoms with E-state index in [1.165, 1.54) is 17.9 Å². The van der Waals surface area contributed by atoms with Gasteiger partial charge in [0, 0.05) is 38.0 Å². The molecule has 0 saturated carbocycles. The molecular formula is C20H25FN4O4. The smallest absolute Gasteiger partial charge is 0.414 e. The van der Waals surface area contributed by atoms with Crippen LogP contribution in [-0.2, 0) is 19.9 Å². The molecular weight excluding hydrogens is 379 g/mol. The number of benzene rings is 1. The molecule has 0 aliphatic carbocycles. The van der Waals surface area contributed by atoms with Crippen molar-refractivity contribution >= 4 is 24.1 Å². The van der Waals surface area contributed by atoms with Gasteiger partial charge in [-0.3, -0.25) is 14.5 Å². The highest BCUT2D eigenvalue weighted by Crippen LogP contribution is 2.45. The minimum absolute atomic E-state index is 0.153. The lowest BCUT2D eigenvalue weighted by atomic mass is 9.74. The molecule has 0 aromatic heterocycles. The van der Waals surface area contributed by atoms with Crippen molar-refractivity contribution in [3.8, 4) is 0 Å². The highest BCUT2D eigenvalue weighted by molar-refractivity contribution is 5.89. The molecule has 3 amide bonds.